The van der Waals surface area contributed by atoms with Crippen LogP contribution in [-0.4, -0.2) is 46.2 Å². The molecule has 1 heterocycles. The third kappa shape index (κ3) is 2.96. The number of nitrogens with one attached hydrogen (secondary N) is 1. The largest absolute Gasteiger partial charge is 0.490 e. The molecule has 0 spiro atoms. The first-order chi connectivity index (χ1) is 8.90. The topological polar surface area (TPSA) is 95.9 Å². The fraction of sp³-hybridized carbons (Fsp3) is 0.364. The number of sulfonamides is 1. The van der Waals surface area contributed by atoms with E-state index in [1.165, 1.54) is 12.1 Å². The van der Waals surface area contributed by atoms with E-state index in [9.17, 15) is 13.2 Å². The monoisotopic (exact) mass is 286 g/mol. The number of carboxylic acids is 1. The van der Waals surface area contributed by atoms with Gasteiger partial charge in [-0.15, -0.1) is 0 Å². The van der Waals surface area contributed by atoms with Gasteiger partial charge in [0, 0.05) is 7.05 Å². The summed E-state index contributed by atoms with van der Waals surface area (Å²) in [6, 6.07) is 4.43. The van der Waals surface area contributed by atoms with Crippen LogP contribution in [0.25, 0.3) is 0 Å². The summed E-state index contributed by atoms with van der Waals surface area (Å²) >= 11 is 0. The van der Waals surface area contributed by atoms with Crippen molar-refractivity contribution in [1.29, 1.82) is 0 Å². The molecule has 19 heavy (non-hydrogen) atoms. The van der Waals surface area contributed by atoms with E-state index in [0.717, 1.165) is 0 Å². The third-order valence-corrected chi connectivity index (χ3v) is 4.15. The number of anilines is 1. The average molecular weight is 286 g/mol. The van der Waals surface area contributed by atoms with Crippen LogP contribution in [0.3, 0.4) is 0 Å². The van der Waals surface area contributed by atoms with Gasteiger partial charge in [-0.25, -0.2) is 8.42 Å². The fourth-order valence-corrected chi connectivity index (χ4v) is 2.73. The van der Waals surface area contributed by atoms with Crippen LogP contribution >= 0.6 is 0 Å². The summed E-state index contributed by atoms with van der Waals surface area (Å²) in [6.07, 6.45) is 0. The molecule has 1 aromatic rings. The minimum atomic E-state index is -3.83. The zero-order chi connectivity index (χ0) is 14.0. The molecule has 1 aliphatic rings. The van der Waals surface area contributed by atoms with Gasteiger partial charge in [-0.1, -0.05) is 0 Å². The van der Waals surface area contributed by atoms with Crippen molar-refractivity contribution in [1.82, 2.24) is 4.72 Å². The molecule has 0 saturated heterocycles. The predicted molar refractivity (Wildman–Crippen MR) is 68.0 cm³/mol. The Balaban J connectivity index is 2.31. The van der Waals surface area contributed by atoms with Crippen LogP contribution < -0.4 is 14.4 Å². The Kier molecular flexibility index (Phi) is 3.63. The summed E-state index contributed by atoms with van der Waals surface area (Å²) in [6.45, 7) is 0.567. The maximum atomic E-state index is 11.9. The van der Waals surface area contributed by atoms with Crippen molar-refractivity contribution in [3.63, 3.8) is 0 Å². The van der Waals surface area contributed by atoms with Crippen LogP contribution in [0, 0.1) is 0 Å². The summed E-state index contributed by atoms with van der Waals surface area (Å²) in [5, 5.41) is 8.50. The number of carboxylic acid groups (broad SMARTS) is 1. The number of carbonyl (C=O) groups is 1. The molecule has 0 radical (unpaired) electrons. The molecule has 0 unspecified atom stereocenters. The Labute approximate surface area is 110 Å². The summed E-state index contributed by atoms with van der Waals surface area (Å²) in [5.41, 5.74) is 0.671. The highest BCUT2D eigenvalue weighted by molar-refractivity contribution is 7.89. The molecule has 2 N–H and O–H groups in total. The van der Waals surface area contributed by atoms with Crippen molar-refractivity contribution >= 4 is 21.7 Å². The van der Waals surface area contributed by atoms with Crippen molar-refractivity contribution < 1.29 is 23.1 Å². The first-order valence-electron chi connectivity index (χ1n) is 5.59. The van der Waals surface area contributed by atoms with E-state index in [1.807, 2.05) is 16.7 Å². The average Bonchev–Trinajstić information content (AvgIpc) is 2.37. The van der Waals surface area contributed by atoms with Crippen LogP contribution in [0.4, 0.5) is 5.69 Å². The lowest BCUT2D eigenvalue weighted by Crippen LogP contribution is -2.31. The van der Waals surface area contributed by atoms with Crippen LogP contribution in [0.2, 0.25) is 0 Å². The number of nitrogens with zero attached hydrogens (tertiary/aromatic N) is 1. The molecular formula is C11H14N2O5S. The van der Waals surface area contributed by atoms with Gasteiger partial charge in [0.05, 0.1) is 17.1 Å². The van der Waals surface area contributed by atoms with Crippen molar-refractivity contribution in [2.75, 3.05) is 31.6 Å². The van der Waals surface area contributed by atoms with Gasteiger partial charge < -0.3 is 14.7 Å². The van der Waals surface area contributed by atoms with Gasteiger partial charge in [0.1, 0.15) is 18.9 Å². The second kappa shape index (κ2) is 5.06. The fourth-order valence-electron chi connectivity index (χ4n) is 1.74. The van der Waals surface area contributed by atoms with E-state index in [1.54, 1.807) is 6.07 Å². The van der Waals surface area contributed by atoms with E-state index in [-0.39, 0.29) is 4.90 Å². The summed E-state index contributed by atoms with van der Waals surface area (Å²) in [7, 11) is -1.99. The van der Waals surface area contributed by atoms with Gasteiger partial charge in [0.25, 0.3) is 0 Å². The lowest BCUT2D eigenvalue weighted by molar-refractivity contribution is -0.135. The van der Waals surface area contributed by atoms with E-state index in [2.05, 4.69) is 0 Å². The summed E-state index contributed by atoms with van der Waals surface area (Å²) in [5.74, 6) is -0.618. The standard InChI is InChI=1S/C11H14N2O5S/c1-13-4-5-18-10-3-2-8(6-9(10)13)19(16,17)12-7-11(14)15/h2-3,6,12H,4-5,7H2,1H3,(H,14,15). The van der Waals surface area contributed by atoms with Crippen molar-refractivity contribution in [2.24, 2.45) is 0 Å². The lowest BCUT2D eigenvalue weighted by atomic mass is 10.2. The van der Waals surface area contributed by atoms with Crippen LogP contribution in [0.15, 0.2) is 23.1 Å². The molecule has 1 aromatic carbocycles. The summed E-state index contributed by atoms with van der Waals surface area (Å²) in [4.78, 5) is 12.3. The van der Waals surface area contributed by atoms with Crippen LogP contribution in [-0.2, 0) is 14.8 Å². The first kappa shape index (κ1) is 13.6. The molecule has 0 aromatic heterocycles. The molecule has 0 amide bonds. The summed E-state index contributed by atoms with van der Waals surface area (Å²) < 4.78 is 31.2. The normalized spacial score (nSPS) is 14.7. The second-order valence-electron chi connectivity index (χ2n) is 4.12. The van der Waals surface area contributed by atoms with Gasteiger partial charge in [-0.2, -0.15) is 4.72 Å². The Hall–Kier alpha value is -1.80. The number of rotatable bonds is 4. The van der Waals surface area contributed by atoms with E-state index in [4.69, 9.17) is 9.84 Å². The molecular weight excluding hydrogens is 272 g/mol. The molecule has 0 bridgehead atoms. The Morgan fingerprint density at radius 1 is 1.53 bits per heavy atom. The van der Waals surface area contributed by atoms with Gasteiger partial charge >= 0.3 is 5.97 Å². The lowest BCUT2D eigenvalue weighted by Gasteiger charge is -2.27. The molecule has 104 valence electrons. The molecule has 2 rings (SSSR count). The van der Waals surface area contributed by atoms with Crippen LogP contribution in [0.1, 0.15) is 0 Å². The number of benzene rings is 1. The molecule has 0 atom stereocenters. The van der Waals surface area contributed by atoms with E-state index >= 15 is 0 Å². The number of fused-ring (bicyclic) bond motifs is 1. The maximum absolute atomic E-state index is 11.9. The van der Waals surface area contributed by atoms with E-state index < -0.39 is 22.5 Å². The Morgan fingerprint density at radius 2 is 2.26 bits per heavy atom. The zero-order valence-corrected chi connectivity index (χ0v) is 11.1. The van der Waals surface area contributed by atoms with Gasteiger partial charge in [-0.05, 0) is 18.2 Å². The second-order valence-corrected chi connectivity index (χ2v) is 5.88. The number of aliphatic carboxylic acids is 1. The third-order valence-electron chi connectivity index (χ3n) is 2.75. The van der Waals surface area contributed by atoms with Gasteiger partial charge in [-0.3, -0.25) is 4.79 Å². The van der Waals surface area contributed by atoms with Gasteiger partial charge in [0.15, 0.2) is 0 Å². The quantitative estimate of drug-likeness (QED) is 0.801. The molecule has 1 aliphatic heterocycles. The molecule has 0 fully saturated rings. The highest BCUT2D eigenvalue weighted by Crippen LogP contribution is 2.32. The SMILES string of the molecule is CN1CCOc2ccc(S(=O)(=O)NCC(=O)O)cc21. The Morgan fingerprint density at radius 3 is 2.95 bits per heavy atom. The van der Waals surface area contributed by atoms with E-state index in [0.29, 0.717) is 24.6 Å². The number of hydrogen-bond donors (Lipinski definition) is 2. The van der Waals surface area contributed by atoms with Gasteiger partial charge in [0.2, 0.25) is 10.0 Å². The Bertz CT molecular complexity index is 599. The first-order valence-corrected chi connectivity index (χ1v) is 7.08. The molecule has 7 nitrogen and oxygen atoms in total. The highest BCUT2D eigenvalue weighted by Gasteiger charge is 2.21. The highest BCUT2D eigenvalue weighted by atomic mass is 32.2. The predicted octanol–water partition coefficient (Wildman–Crippen LogP) is -0.122. The number of ether oxygens (including phenoxy) is 1. The van der Waals surface area contributed by atoms with Crippen molar-refractivity contribution in [3.05, 3.63) is 18.2 Å². The maximum Gasteiger partial charge on any atom is 0.318 e. The zero-order valence-electron chi connectivity index (χ0n) is 10.3. The molecule has 0 aliphatic carbocycles. The van der Waals surface area contributed by atoms with Crippen molar-refractivity contribution in [3.8, 4) is 5.75 Å². The number of likely N-dealkylation sites (N-methyl/N-ethyl adjacent to an activating group) is 1. The molecule has 0 saturated carbocycles. The minimum absolute atomic E-state index is 0.0184. The smallest absolute Gasteiger partial charge is 0.318 e. The molecule has 8 heteroatoms. The minimum Gasteiger partial charge on any atom is -0.490 e. The van der Waals surface area contributed by atoms with Crippen LogP contribution in [0.5, 0.6) is 5.75 Å². The number of hydrogen-bond acceptors (Lipinski definition) is 5. The van der Waals surface area contributed by atoms with Crippen molar-refractivity contribution in [2.45, 2.75) is 4.90 Å².